The van der Waals surface area contributed by atoms with Crippen LogP contribution < -0.4 is 15.6 Å². The predicted octanol–water partition coefficient (Wildman–Crippen LogP) is 2.31. The summed E-state index contributed by atoms with van der Waals surface area (Å²) in [5, 5.41) is 18.3. The maximum atomic E-state index is 12.9. The van der Waals surface area contributed by atoms with Crippen LogP contribution in [0.4, 0.5) is 5.69 Å². The van der Waals surface area contributed by atoms with E-state index in [0.717, 1.165) is 16.9 Å². The number of fused-ring (bicyclic) bond motifs is 1. The first kappa shape index (κ1) is 23.6. The van der Waals surface area contributed by atoms with Crippen LogP contribution in [0, 0.1) is 10.1 Å². The molecule has 11 nitrogen and oxygen atoms in total. The lowest BCUT2D eigenvalue weighted by molar-refractivity contribution is -0.384. The zero-order valence-corrected chi connectivity index (χ0v) is 19.1. The summed E-state index contributed by atoms with van der Waals surface area (Å²) < 4.78 is 8.40. The van der Waals surface area contributed by atoms with E-state index in [0.29, 0.717) is 30.7 Å². The van der Waals surface area contributed by atoms with Crippen molar-refractivity contribution in [2.24, 2.45) is 0 Å². The van der Waals surface area contributed by atoms with Gasteiger partial charge in [0.25, 0.3) is 11.2 Å². The normalized spacial score (nSPS) is 10.9. The van der Waals surface area contributed by atoms with Crippen LogP contribution in [-0.2, 0) is 24.3 Å². The minimum absolute atomic E-state index is 0.0116. The lowest BCUT2D eigenvalue weighted by Crippen LogP contribution is -2.29. The van der Waals surface area contributed by atoms with E-state index in [1.807, 2.05) is 31.2 Å². The van der Waals surface area contributed by atoms with E-state index in [1.54, 1.807) is 16.8 Å². The number of amides is 1. The van der Waals surface area contributed by atoms with Crippen LogP contribution in [0.1, 0.15) is 18.1 Å². The van der Waals surface area contributed by atoms with Crippen LogP contribution in [0.15, 0.2) is 65.8 Å². The van der Waals surface area contributed by atoms with Gasteiger partial charge in [-0.2, -0.15) is 5.10 Å². The van der Waals surface area contributed by atoms with E-state index in [-0.39, 0.29) is 30.1 Å². The van der Waals surface area contributed by atoms with Gasteiger partial charge in [0.15, 0.2) is 5.65 Å². The molecule has 0 aliphatic heterocycles. The van der Waals surface area contributed by atoms with Gasteiger partial charge < -0.3 is 10.1 Å². The average molecular weight is 476 g/mol. The second-order valence-corrected chi connectivity index (χ2v) is 7.81. The van der Waals surface area contributed by atoms with Crippen LogP contribution in [0.5, 0.6) is 5.75 Å². The molecule has 0 unspecified atom stereocenters. The van der Waals surface area contributed by atoms with Crippen molar-refractivity contribution in [1.29, 1.82) is 0 Å². The van der Waals surface area contributed by atoms with Gasteiger partial charge >= 0.3 is 0 Å². The Kier molecular flexibility index (Phi) is 7.15. The minimum Gasteiger partial charge on any atom is -0.494 e. The van der Waals surface area contributed by atoms with Crippen molar-refractivity contribution in [3.63, 3.8) is 0 Å². The maximum absolute atomic E-state index is 12.9. The topological polar surface area (TPSA) is 134 Å². The number of non-ortho nitro benzene ring substituents is 1. The van der Waals surface area contributed by atoms with Crippen LogP contribution in [-0.4, -0.2) is 43.3 Å². The van der Waals surface area contributed by atoms with Gasteiger partial charge in [-0.3, -0.25) is 24.3 Å². The molecule has 4 rings (SSSR count). The summed E-state index contributed by atoms with van der Waals surface area (Å²) in [6, 6.07) is 13.4. The predicted molar refractivity (Wildman–Crippen MR) is 128 cm³/mol. The number of nitrogens with zero attached hydrogens (tertiary/aromatic N) is 5. The number of hydrogen-bond acceptors (Lipinski definition) is 7. The third-order valence-electron chi connectivity index (χ3n) is 5.37. The van der Waals surface area contributed by atoms with Crippen LogP contribution in [0.2, 0.25) is 0 Å². The molecular weight excluding hydrogens is 452 g/mol. The Labute approximate surface area is 200 Å². The molecule has 0 spiro atoms. The molecule has 180 valence electrons. The number of ether oxygens (including phenoxy) is 1. The Balaban J connectivity index is 1.35. The van der Waals surface area contributed by atoms with E-state index in [1.165, 1.54) is 29.2 Å². The van der Waals surface area contributed by atoms with Crippen molar-refractivity contribution in [2.45, 2.75) is 26.4 Å². The SMILES string of the molecule is CCOc1ccc(CC(=O)NCCn2ncc3c(=O)n(Cc4ccc([N+](=O)[O-])cc4)cnc32)cc1. The van der Waals surface area contributed by atoms with Crippen molar-refractivity contribution >= 4 is 22.6 Å². The molecule has 0 saturated heterocycles. The fourth-order valence-electron chi connectivity index (χ4n) is 3.61. The fraction of sp³-hybridized carbons (Fsp3) is 0.250. The second-order valence-electron chi connectivity index (χ2n) is 7.81. The Morgan fingerprint density at radius 1 is 1.11 bits per heavy atom. The molecule has 2 aromatic heterocycles. The summed E-state index contributed by atoms with van der Waals surface area (Å²) in [4.78, 5) is 39.8. The Hall–Kier alpha value is -4.54. The third-order valence-corrected chi connectivity index (χ3v) is 5.37. The number of nitro groups is 1. The maximum Gasteiger partial charge on any atom is 0.269 e. The highest BCUT2D eigenvalue weighted by atomic mass is 16.6. The number of hydrogen-bond donors (Lipinski definition) is 1. The fourth-order valence-corrected chi connectivity index (χ4v) is 3.61. The lowest BCUT2D eigenvalue weighted by Gasteiger charge is -2.08. The largest absolute Gasteiger partial charge is 0.494 e. The zero-order valence-electron chi connectivity index (χ0n) is 19.1. The highest BCUT2D eigenvalue weighted by Gasteiger charge is 2.12. The van der Waals surface area contributed by atoms with Crippen molar-refractivity contribution in [3.05, 3.63) is 92.7 Å². The molecule has 11 heteroatoms. The highest BCUT2D eigenvalue weighted by Crippen LogP contribution is 2.14. The van der Waals surface area contributed by atoms with Gasteiger partial charge in [0.1, 0.15) is 17.5 Å². The van der Waals surface area contributed by atoms with Crippen LogP contribution >= 0.6 is 0 Å². The number of nitro benzene ring substituents is 1. The van der Waals surface area contributed by atoms with Crippen molar-refractivity contribution in [3.8, 4) is 5.75 Å². The molecular formula is C24H24N6O5. The van der Waals surface area contributed by atoms with Crippen molar-refractivity contribution in [1.82, 2.24) is 24.6 Å². The van der Waals surface area contributed by atoms with E-state index in [9.17, 15) is 19.7 Å². The molecule has 2 heterocycles. The van der Waals surface area contributed by atoms with Gasteiger partial charge in [0, 0.05) is 18.7 Å². The Bertz CT molecular complexity index is 1390. The Morgan fingerprint density at radius 3 is 2.51 bits per heavy atom. The molecule has 4 aromatic rings. The zero-order chi connectivity index (χ0) is 24.8. The van der Waals surface area contributed by atoms with Gasteiger partial charge in [-0.1, -0.05) is 24.3 Å². The molecule has 2 aromatic carbocycles. The summed E-state index contributed by atoms with van der Waals surface area (Å²) in [7, 11) is 0. The molecule has 0 aliphatic carbocycles. The number of nitrogens with one attached hydrogen (secondary N) is 1. The summed E-state index contributed by atoms with van der Waals surface area (Å²) in [6.07, 6.45) is 3.13. The molecule has 1 N–H and O–H groups in total. The molecule has 0 saturated carbocycles. The summed E-state index contributed by atoms with van der Waals surface area (Å²) >= 11 is 0. The van der Waals surface area contributed by atoms with E-state index in [2.05, 4.69) is 15.4 Å². The van der Waals surface area contributed by atoms with Gasteiger partial charge in [-0.25, -0.2) is 9.67 Å². The van der Waals surface area contributed by atoms with Gasteiger partial charge in [-0.15, -0.1) is 0 Å². The molecule has 0 aliphatic rings. The summed E-state index contributed by atoms with van der Waals surface area (Å²) in [6.45, 7) is 3.42. The number of aromatic nitrogens is 4. The smallest absolute Gasteiger partial charge is 0.269 e. The van der Waals surface area contributed by atoms with Crippen LogP contribution in [0.25, 0.3) is 11.0 Å². The molecule has 0 bridgehead atoms. The van der Waals surface area contributed by atoms with Crippen LogP contribution in [0.3, 0.4) is 0 Å². The van der Waals surface area contributed by atoms with Gasteiger partial charge in [0.05, 0.1) is 37.2 Å². The summed E-state index contributed by atoms with van der Waals surface area (Å²) in [5.41, 5.74) is 1.77. The number of rotatable bonds is 10. The standard InChI is InChI=1S/C24H24N6O5/c1-2-35-20-9-5-17(6-10-20)13-22(31)25-11-12-29-23-21(14-27-29)24(32)28(16-26-23)15-18-3-7-19(8-4-18)30(33)34/h3-10,14,16H,2,11-13,15H2,1H3,(H,25,31). The highest BCUT2D eigenvalue weighted by molar-refractivity contribution is 5.78. The quantitative estimate of drug-likeness (QED) is 0.274. The Morgan fingerprint density at radius 2 is 1.83 bits per heavy atom. The minimum atomic E-state index is -0.472. The summed E-state index contributed by atoms with van der Waals surface area (Å²) in [5.74, 6) is 0.644. The molecule has 0 atom stereocenters. The second kappa shape index (κ2) is 10.6. The molecule has 0 fully saturated rings. The van der Waals surface area contributed by atoms with Gasteiger partial charge in [-0.05, 0) is 30.2 Å². The number of benzene rings is 2. The van der Waals surface area contributed by atoms with Crippen molar-refractivity contribution < 1.29 is 14.5 Å². The number of carbonyl (C=O) groups excluding carboxylic acids is 1. The molecule has 1 amide bonds. The first-order valence-corrected chi connectivity index (χ1v) is 11.1. The van der Waals surface area contributed by atoms with E-state index in [4.69, 9.17) is 4.74 Å². The first-order valence-electron chi connectivity index (χ1n) is 11.1. The van der Waals surface area contributed by atoms with E-state index < -0.39 is 4.92 Å². The lowest BCUT2D eigenvalue weighted by atomic mass is 10.1. The first-order chi connectivity index (χ1) is 16.9. The third kappa shape index (κ3) is 5.69. The molecule has 35 heavy (non-hydrogen) atoms. The molecule has 0 radical (unpaired) electrons. The van der Waals surface area contributed by atoms with Gasteiger partial charge in [0.2, 0.25) is 5.91 Å². The average Bonchev–Trinajstić information content (AvgIpc) is 3.26. The monoisotopic (exact) mass is 476 g/mol. The van der Waals surface area contributed by atoms with Crippen molar-refractivity contribution in [2.75, 3.05) is 13.2 Å². The number of carbonyl (C=O) groups is 1. The van der Waals surface area contributed by atoms with E-state index >= 15 is 0 Å².